The summed E-state index contributed by atoms with van der Waals surface area (Å²) in [7, 11) is 0. The van der Waals surface area contributed by atoms with E-state index in [1.807, 2.05) is 13.8 Å². The van der Waals surface area contributed by atoms with Crippen LogP contribution >= 0.6 is 0 Å². The lowest BCUT2D eigenvalue weighted by Crippen LogP contribution is -2.35. The van der Waals surface area contributed by atoms with Crippen LogP contribution in [0.5, 0.6) is 0 Å². The van der Waals surface area contributed by atoms with E-state index in [4.69, 9.17) is 5.26 Å². The van der Waals surface area contributed by atoms with Crippen molar-refractivity contribution in [2.75, 3.05) is 11.9 Å². The minimum Gasteiger partial charge on any atom is -0.388 e. The van der Waals surface area contributed by atoms with Crippen molar-refractivity contribution in [1.82, 2.24) is 0 Å². The highest BCUT2D eigenvalue weighted by molar-refractivity contribution is 5.95. The van der Waals surface area contributed by atoms with Crippen molar-refractivity contribution in [3.8, 4) is 6.07 Å². The number of nitriles is 1. The van der Waals surface area contributed by atoms with Crippen LogP contribution in [0.1, 0.15) is 49.5 Å². The Morgan fingerprint density at radius 1 is 1.42 bits per heavy atom. The molecule has 1 aromatic carbocycles. The van der Waals surface area contributed by atoms with E-state index in [-0.39, 0.29) is 5.78 Å². The maximum Gasteiger partial charge on any atom is 0.159 e. The van der Waals surface area contributed by atoms with Crippen LogP contribution in [0.25, 0.3) is 0 Å². The molecule has 0 bridgehead atoms. The highest BCUT2D eigenvalue weighted by Gasteiger charge is 2.22. The first-order chi connectivity index (χ1) is 8.95. The number of hydrogen-bond donors (Lipinski definition) is 2. The monoisotopic (exact) mass is 260 g/mol. The molecule has 1 aromatic rings. The molecule has 0 unspecified atom stereocenters. The molecule has 0 fully saturated rings. The van der Waals surface area contributed by atoms with Gasteiger partial charge in [-0.15, -0.1) is 0 Å². The molecule has 0 aliphatic carbocycles. The van der Waals surface area contributed by atoms with Gasteiger partial charge in [-0.3, -0.25) is 4.79 Å². The molecule has 102 valence electrons. The molecule has 4 nitrogen and oxygen atoms in total. The van der Waals surface area contributed by atoms with Crippen LogP contribution in [-0.2, 0) is 0 Å². The Bertz CT molecular complexity index is 499. The molecular formula is C15H20N2O2. The normalized spacial score (nSPS) is 10.9. The van der Waals surface area contributed by atoms with E-state index in [9.17, 15) is 9.90 Å². The Kier molecular flexibility index (Phi) is 5.08. The number of nitrogens with one attached hydrogen (secondary N) is 1. The van der Waals surface area contributed by atoms with Gasteiger partial charge >= 0.3 is 0 Å². The molecule has 0 aromatic heterocycles. The van der Waals surface area contributed by atoms with Crippen LogP contribution in [0.4, 0.5) is 5.69 Å². The Labute approximate surface area is 114 Å². The maximum atomic E-state index is 11.4. The minimum absolute atomic E-state index is 0.0474. The first-order valence-electron chi connectivity index (χ1n) is 6.47. The number of benzene rings is 1. The molecule has 0 radical (unpaired) electrons. The fourth-order valence-electron chi connectivity index (χ4n) is 1.77. The van der Waals surface area contributed by atoms with E-state index in [0.29, 0.717) is 36.2 Å². The SMILES string of the molecule is CCC(O)(CC)CNc1cc(C(C)=O)ccc1C#N. The van der Waals surface area contributed by atoms with E-state index in [1.165, 1.54) is 6.92 Å². The summed E-state index contributed by atoms with van der Waals surface area (Å²) in [6, 6.07) is 7.00. The molecule has 0 saturated heterocycles. The van der Waals surface area contributed by atoms with E-state index < -0.39 is 5.60 Å². The highest BCUT2D eigenvalue weighted by atomic mass is 16.3. The zero-order valence-corrected chi connectivity index (χ0v) is 11.7. The lowest BCUT2D eigenvalue weighted by Gasteiger charge is -2.26. The Morgan fingerprint density at radius 2 is 2.05 bits per heavy atom. The van der Waals surface area contributed by atoms with Crippen molar-refractivity contribution in [3.05, 3.63) is 29.3 Å². The zero-order chi connectivity index (χ0) is 14.5. The predicted octanol–water partition coefficient (Wildman–Crippen LogP) is 2.72. The summed E-state index contributed by atoms with van der Waals surface area (Å²) in [6.45, 7) is 5.68. The second-order valence-corrected chi connectivity index (χ2v) is 4.71. The van der Waals surface area contributed by atoms with Crippen molar-refractivity contribution >= 4 is 11.5 Å². The van der Waals surface area contributed by atoms with Gasteiger partial charge in [0.15, 0.2) is 5.78 Å². The van der Waals surface area contributed by atoms with Crippen LogP contribution in [0.15, 0.2) is 18.2 Å². The molecule has 19 heavy (non-hydrogen) atoms. The quantitative estimate of drug-likeness (QED) is 0.771. The molecular weight excluding hydrogens is 240 g/mol. The summed E-state index contributed by atoms with van der Waals surface area (Å²) < 4.78 is 0. The van der Waals surface area contributed by atoms with E-state index in [1.54, 1.807) is 18.2 Å². The Hall–Kier alpha value is -1.86. The molecule has 0 atom stereocenters. The average molecular weight is 260 g/mol. The largest absolute Gasteiger partial charge is 0.388 e. The van der Waals surface area contributed by atoms with Gasteiger partial charge in [0.05, 0.1) is 16.9 Å². The second-order valence-electron chi connectivity index (χ2n) is 4.71. The van der Waals surface area contributed by atoms with Crippen molar-refractivity contribution in [2.45, 2.75) is 39.2 Å². The first-order valence-corrected chi connectivity index (χ1v) is 6.47. The zero-order valence-electron chi connectivity index (χ0n) is 11.7. The smallest absolute Gasteiger partial charge is 0.159 e. The molecule has 0 aliphatic rings. The van der Waals surface area contributed by atoms with Crippen molar-refractivity contribution in [1.29, 1.82) is 5.26 Å². The lowest BCUT2D eigenvalue weighted by atomic mass is 9.97. The number of nitrogens with zero attached hydrogens (tertiary/aromatic N) is 1. The molecule has 0 spiro atoms. The lowest BCUT2D eigenvalue weighted by molar-refractivity contribution is 0.0457. The summed E-state index contributed by atoms with van der Waals surface area (Å²) in [6.07, 6.45) is 1.26. The molecule has 0 saturated carbocycles. The summed E-state index contributed by atoms with van der Waals surface area (Å²) >= 11 is 0. The van der Waals surface area contributed by atoms with E-state index in [2.05, 4.69) is 11.4 Å². The highest BCUT2D eigenvalue weighted by Crippen LogP contribution is 2.21. The van der Waals surface area contributed by atoms with Crippen LogP contribution < -0.4 is 5.32 Å². The molecule has 0 aliphatic heterocycles. The summed E-state index contributed by atoms with van der Waals surface area (Å²) in [5, 5.41) is 22.4. The fourth-order valence-corrected chi connectivity index (χ4v) is 1.77. The summed E-state index contributed by atoms with van der Waals surface area (Å²) in [5.74, 6) is -0.0474. The van der Waals surface area contributed by atoms with Gasteiger partial charge in [0, 0.05) is 12.1 Å². The molecule has 4 heteroatoms. The molecule has 0 amide bonds. The van der Waals surface area contributed by atoms with Gasteiger partial charge in [-0.2, -0.15) is 5.26 Å². The number of aliphatic hydroxyl groups is 1. The number of Topliss-reactive ketones (excluding diaryl/α,β-unsaturated/α-hetero) is 1. The van der Waals surface area contributed by atoms with Gasteiger partial charge in [0.25, 0.3) is 0 Å². The van der Waals surface area contributed by atoms with Crippen LogP contribution in [0.2, 0.25) is 0 Å². The summed E-state index contributed by atoms with van der Waals surface area (Å²) in [4.78, 5) is 11.4. The van der Waals surface area contributed by atoms with Crippen LogP contribution in [0, 0.1) is 11.3 Å². The second kappa shape index (κ2) is 6.35. The summed E-state index contributed by atoms with van der Waals surface area (Å²) in [5.41, 5.74) is 0.826. The number of rotatable bonds is 6. The first kappa shape index (κ1) is 15.2. The number of anilines is 1. The van der Waals surface area contributed by atoms with E-state index >= 15 is 0 Å². The molecule has 1 rings (SSSR count). The number of carbonyl (C=O) groups excluding carboxylic acids is 1. The third-order valence-electron chi connectivity index (χ3n) is 3.47. The van der Waals surface area contributed by atoms with Gasteiger partial charge in [-0.1, -0.05) is 13.8 Å². The molecule has 2 N–H and O–H groups in total. The maximum absolute atomic E-state index is 11.4. The third-order valence-corrected chi connectivity index (χ3v) is 3.47. The number of carbonyl (C=O) groups is 1. The Balaban J connectivity index is 2.96. The van der Waals surface area contributed by atoms with Crippen LogP contribution in [0.3, 0.4) is 0 Å². The Morgan fingerprint density at radius 3 is 2.53 bits per heavy atom. The van der Waals surface area contributed by atoms with Gasteiger partial charge < -0.3 is 10.4 Å². The van der Waals surface area contributed by atoms with Gasteiger partial charge in [-0.05, 0) is 38.0 Å². The van der Waals surface area contributed by atoms with Gasteiger partial charge in [0.2, 0.25) is 0 Å². The topological polar surface area (TPSA) is 73.1 Å². The standard InChI is InChI=1S/C15H20N2O2/c1-4-15(19,5-2)10-17-14-8-12(11(3)18)6-7-13(14)9-16/h6-8,17,19H,4-5,10H2,1-3H3. The van der Waals surface area contributed by atoms with Crippen molar-refractivity contribution in [2.24, 2.45) is 0 Å². The van der Waals surface area contributed by atoms with E-state index in [0.717, 1.165) is 0 Å². The third kappa shape index (κ3) is 3.80. The minimum atomic E-state index is -0.793. The molecule has 0 heterocycles. The fraction of sp³-hybridized carbons (Fsp3) is 0.467. The average Bonchev–Trinajstić information content (AvgIpc) is 2.44. The van der Waals surface area contributed by atoms with Crippen molar-refractivity contribution < 1.29 is 9.90 Å². The predicted molar refractivity (Wildman–Crippen MR) is 75.2 cm³/mol. The van der Waals surface area contributed by atoms with Gasteiger partial charge in [0.1, 0.15) is 6.07 Å². The van der Waals surface area contributed by atoms with Crippen LogP contribution in [-0.4, -0.2) is 23.0 Å². The van der Waals surface area contributed by atoms with Crippen molar-refractivity contribution in [3.63, 3.8) is 0 Å². The number of hydrogen-bond acceptors (Lipinski definition) is 4. The van der Waals surface area contributed by atoms with Gasteiger partial charge in [-0.25, -0.2) is 0 Å². The number of ketones is 1.